The summed E-state index contributed by atoms with van der Waals surface area (Å²) in [4.78, 5) is 34.7. The molecule has 1 aliphatic heterocycles. The summed E-state index contributed by atoms with van der Waals surface area (Å²) in [5.41, 5.74) is 2.02. The molecule has 0 radical (unpaired) electrons. The fraction of sp³-hybridized carbons (Fsp3) is 0.308. The molecular formula is C26H28N6O4S. The van der Waals surface area contributed by atoms with E-state index < -0.39 is 0 Å². The van der Waals surface area contributed by atoms with Crippen LogP contribution in [0.1, 0.15) is 12.6 Å². The number of benzene rings is 2. The van der Waals surface area contributed by atoms with Gasteiger partial charge in [-0.3, -0.25) is 9.69 Å². The topological polar surface area (TPSA) is 101 Å². The van der Waals surface area contributed by atoms with E-state index in [2.05, 4.69) is 15.3 Å². The second kappa shape index (κ2) is 11.0. The lowest BCUT2D eigenvalue weighted by Gasteiger charge is -2.34. The molecule has 2 aromatic carbocycles. The molecule has 0 bridgehead atoms. The number of para-hydroxylation sites is 1. The highest BCUT2D eigenvalue weighted by molar-refractivity contribution is 7.19. The summed E-state index contributed by atoms with van der Waals surface area (Å²) < 4.78 is 12.2. The van der Waals surface area contributed by atoms with E-state index in [0.29, 0.717) is 60.7 Å². The average Bonchev–Trinajstić information content (AvgIpc) is 3.35. The highest BCUT2D eigenvalue weighted by Gasteiger charge is 2.22. The van der Waals surface area contributed by atoms with Gasteiger partial charge in [0.2, 0.25) is 4.96 Å². The van der Waals surface area contributed by atoms with Crippen molar-refractivity contribution < 1.29 is 14.3 Å². The lowest BCUT2D eigenvalue weighted by Crippen LogP contribution is -2.49. The van der Waals surface area contributed by atoms with Crippen LogP contribution in [0.5, 0.6) is 11.5 Å². The zero-order valence-electron chi connectivity index (χ0n) is 20.7. The van der Waals surface area contributed by atoms with Gasteiger partial charge in [-0.1, -0.05) is 23.5 Å². The van der Waals surface area contributed by atoms with Crippen molar-refractivity contribution in [3.63, 3.8) is 0 Å². The molecule has 192 valence electrons. The zero-order chi connectivity index (χ0) is 25.8. The van der Waals surface area contributed by atoms with E-state index in [4.69, 9.17) is 14.5 Å². The van der Waals surface area contributed by atoms with Gasteiger partial charge in [-0.15, -0.1) is 0 Å². The Kier molecular flexibility index (Phi) is 7.33. The third-order valence-electron chi connectivity index (χ3n) is 6.10. The first-order valence-corrected chi connectivity index (χ1v) is 12.9. The van der Waals surface area contributed by atoms with E-state index >= 15 is 0 Å². The van der Waals surface area contributed by atoms with Gasteiger partial charge in [0.1, 0.15) is 11.5 Å². The van der Waals surface area contributed by atoms with Gasteiger partial charge in [0.05, 0.1) is 25.0 Å². The number of methoxy groups -OCH3 is 1. The molecule has 0 aliphatic carbocycles. The number of hydrogen-bond acceptors (Lipinski definition) is 8. The number of rotatable bonds is 7. The van der Waals surface area contributed by atoms with Gasteiger partial charge in [0.25, 0.3) is 5.56 Å². The second-order valence-electron chi connectivity index (χ2n) is 8.54. The van der Waals surface area contributed by atoms with E-state index in [9.17, 15) is 9.59 Å². The van der Waals surface area contributed by atoms with Gasteiger partial charge in [-0.05, 0) is 43.3 Å². The number of anilines is 1. The van der Waals surface area contributed by atoms with Crippen LogP contribution in [0.4, 0.5) is 10.5 Å². The van der Waals surface area contributed by atoms with E-state index in [1.54, 1.807) is 12.0 Å². The lowest BCUT2D eigenvalue weighted by molar-refractivity contribution is 0.142. The molecule has 0 atom stereocenters. The Bertz CT molecular complexity index is 1440. The third kappa shape index (κ3) is 5.57. The van der Waals surface area contributed by atoms with Crippen LogP contribution in [0.25, 0.3) is 15.5 Å². The summed E-state index contributed by atoms with van der Waals surface area (Å²) in [5.74, 6) is 1.47. The Balaban J connectivity index is 1.21. The third-order valence-corrected chi connectivity index (χ3v) is 7.04. The zero-order valence-corrected chi connectivity index (χ0v) is 21.5. The van der Waals surface area contributed by atoms with Gasteiger partial charge >= 0.3 is 6.03 Å². The van der Waals surface area contributed by atoms with Crippen LogP contribution in [-0.4, -0.2) is 70.3 Å². The maximum absolute atomic E-state index is 12.8. The van der Waals surface area contributed by atoms with Crippen molar-refractivity contribution in [2.75, 3.05) is 45.2 Å². The molecule has 1 fully saturated rings. The number of hydrogen-bond donors (Lipinski definition) is 1. The maximum Gasteiger partial charge on any atom is 0.321 e. The number of nitrogens with one attached hydrogen (secondary N) is 1. The Hall–Kier alpha value is -3.96. The highest BCUT2D eigenvalue weighted by Crippen LogP contribution is 2.32. The standard InChI is InChI=1S/C26H28N6O4S/c1-3-36-20-10-8-18(9-11-20)27-25(34)31-14-12-30(13-15-31)17-19-16-23(33)32-26(28-19)37-24(29-32)21-6-4-5-7-22(21)35-2/h4-11,16H,3,12-15,17H2,1-2H3,(H,27,34). The molecule has 1 saturated heterocycles. The maximum atomic E-state index is 12.8. The highest BCUT2D eigenvalue weighted by atomic mass is 32.1. The van der Waals surface area contributed by atoms with Crippen molar-refractivity contribution in [2.45, 2.75) is 13.5 Å². The number of urea groups is 1. The van der Waals surface area contributed by atoms with Crippen molar-refractivity contribution >= 4 is 28.0 Å². The van der Waals surface area contributed by atoms with Crippen molar-refractivity contribution in [2.24, 2.45) is 0 Å². The van der Waals surface area contributed by atoms with Gasteiger partial charge in [-0.25, -0.2) is 9.78 Å². The fourth-order valence-electron chi connectivity index (χ4n) is 4.21. The van der Waals surface area contributed by atoms with Crippen LogP contribution in [0, 0.1) is 0 Å². The van der Waals surface area contributed by atoms with Gasteiger partial charge in [0, 0.05) is 44.5 Å². The Morgan fingerprint density at radius 1 is 1.08 bits per heavy atom. The Labute approximate surface area is 218 Å². The molecule has 3 heterocycles. The van der Waals surface area contributed by atoms with Crippen molar-refractivity contribution in [1.29, 1.82) is 0 Å². The molecule has 1 aliphatic rings. The molecular weight excluding hydrogens is 492 g/mol. The molecule has 0 saturated carbocycles. The molecule has 2 amide bonds. The quantitative estimate of drug-likeness (QED) is 0.398. The minimum Gasteiger partial charge on any atom is -0.496 e. The monoisotopic (exact) mass is 520 g/mol. The van der Waals surface area contributed by atoms with Crippen LogP contribution >= 0.6 is 11.3 Å². The molecule has 4 aromatic rings. The molecule has 11 heteroatoms. The number of piperazine rings is 1. The van der Waals surface area contributed by atoms with Crippen LogP contribution in [0.2, 0.25) is 0 Å². The summed E-state index contributed by atoms with van der Waals surface area (Å²) in [5, 5.41) is 8.08. The van der Waals surface area contributed by atoms with Crippen LogP contribution in [0.15, 0.2) is 59.4 Å². The van der Waals surface area contributed by atoms with E-state index in [1.165, 1.54) is 21.9 Å². The SMILES string of the molecule is CCOc1ccc(NC(=O)N2CCN(Cc3cc(=O)n4nc(-c5ccccc5OC)sc4n3)CC2)cc1. The number of fused-ring (bicyclic) bond motifs is 1. The van der Waals surface area contributed by atoms with Crippen molar-refractivity contribution in [3.05, 3.63) is 70.6 Å². The summed E-state index contributed by atoms with van der Waals surface area (Å²) in [6.45, 7) is 5.61. The van der Waals surface area contributed by atoms with Crippen LogP contribution in [0.3, 0.4) is 0 Å². The first-order chi connectivity index (χ1) is 18.0. The smallest absolute Gasteiger partial charge is 0.321 e. The molecule has 5 rings (SSSR count). The fourth-order valence-corrected chi connectivity index (χ4v) is 5.16. The van der Waals surface area contributed by atoms with Gasteiger partial charge < -0.3 is 19.7 Å². The van der Waals surface area contributed by atoms with Gasteiger partial charge in [0.15, 0.2) is 5.01 Å². The molecule has 2 aromatic heterocycles. The average molecular weight is 521 g/mol. The Morgan fingerprint density at radius 3 is 2.57 bits per heavy atom. The molecule has 37 heavy (non-hydrogen) atoms. The number of ether oxygens (including phenoxy) is 2. The van der Waals surface area contributed by atoms with E-state index in [0.717, 1.165) is 17.0 Å². The van der Waals surface area contributed by atoms with Gasteiger partial charge in [-0.2, -0.15) is 9.61 Å². The molecule has 1 N–H and O–H groups in total. The minimum absolute atomic E-state index is 0.130. The van der Waals surface area contributed by atoms with Crippen LogP contribution < -0.4 is 20.3 Å². The Morgan fingerprint density at radius 2 is 1.84 bits per heavy atom. The predicted molar refractivity (Wildman–Crippen MR) is 143 cm³/mol. The summed E-state index contributed by atoms with van der Waals surface area (Å²) in [7, 11) is 1.61. The normalized spacial score (nSPS) is 14.1. The number of aromatic nitrogens is 3. The first-order valence-electron chi connectivity index (χ1n) is 12.1. The number of amides is 2. The van der Waals surface area contributed by atoms with E-state index in [-0.39, 0.29) is 11.6 Å². The largest absolute Gasteiger partial charge is 0.496 e. The molecule has 0 unspecified atom stereocenters. The first kappa shape index (κ1) is 24.7. The van der Waals surface area contributed by atoms with Crippen molar-refractivity contribution in [1.82, 2.24) is 24.4 Å². The molecule has 0 spiro atoms. The predicted octanol–water partition coefficient (Wildman–Crippen LogP) is 3.58. The van der Waals surface area contributed by atoms with E-state index in [1.807, 2.05) is 55.5 Å². The minimum atomic E-state index is -0.217. The lowest BCUT2D eigenvalue weighted by atomic mass is 10.2. The van der Waals surface area contributed by atoms with Crippen LogP contribution in [-0.2, 0) is 6.54 Å². The summed E-state index contributed by atoms with van der Waals surface area (Å²) >= 11 is 1.35. The van der Waals surface area contributed by atoms with Crippen molar-refractivity contribution in [3.8, 4) is 22.1 Å². The number of nitrogens with zero attached hydrogens (tertiary/aromatic N) is 5. The summed E-state index contributed by atoms with van der Waals surface area (Å²) in [6.07, 6.45) is 0. The number of carbonyl (C=O) groups is 1. The summed E-state index contributed by atoms with van der Waals surface area (Å²) in [6, 6.07) is 16.3. The number of carbonyl (C=O) groups excluding carboxylic acids is 1. The molecule has 10 nitrogen and oxygen atoms in total. The second-order valence-corrected chi connectivity index (χ2v) is 9.49.